The van der Waals surface area contributed by atoms with Gasteiger partial charge in [0.2, 0.25) is 0 Å². The monoisotopic (exact) mass is 348 g/mol. The van der Waals surface area contributed by atoms with Crippen LogP contribution in [0.3, 0.4) is 0 Å². The molecule has 2 aromatic rings. The molecule has 0 saturated heterocycles. The van der Waals surface area contributed by atoms with Crippen molar-refractivity contribution in [3.63, 3.8) is 0 Å². The van der Waals surface area contributed by atoms with Crippen molar-refractivity contribution < 1.29 is 4.79 Å². The Morgan fingerprint density at radius 3 is 2.55 bits per heavy atom. The lowest BCUT2D eigenvalue weighted by atomic mass is 10.1. The van der Waals surface area contributed by atoms with E-state index < -0.39 is 6.04 Å². The summed E-state index contributed by atoms with van der Waals surface area (Å²) in [5.74, 6) is -0.377. The summed E-state index contributed by atoms with van der Waals surface area (Å²) in [5.41, 5.74) is 1.07. The Balaban J connectivity index is 2.20. The van der Waals surface area contributed by atoms with Gasteiger partial charge in [-0.05, 0) is 23.8 Å². The molecule has 0 aromatic heterocycles. The Kier molecular flexibility index (Phi) is 4.78. The molecule has 2 aromatic carbocycles. The van der Waals surface area contributed by atoms with E-state index in [1.54, 1.807) is 30.3 Å². The predicted octanol–water partition coefficient (Wildman–Crippen LogP) is 4.10. The first-order valence-corrected chi connectivity index (χ1v) is 6.99. The van der Waals surface area contributed by atoms with Gasteiger partial charge >= 0.3 is 0 Å². The van der Waals surface area contributed by atoms with Gasteiger partial charge in [-0.1, -0.05) is 57.9 Å². The first-order valence-electron chi connectivity index (χ1n) is 5.82. The van der Waals surface area contributed by atoms with Crippen LogP contribution in [-0.2, 0) is 0 Å². The fourth-order valence-electron chi connectivity index (χ4n) is 1.72. The van der Waals surface area contributed by atoms with Crippen molar-refractivity contribution in [1.29, 1.82) is 5.26 Å². The highest BCUT2D eigenvalue weighted by Crippen LogP contribution is 2.22. The van der Waals surface area contributed by atoms with Gasteiger partial charge in [-0.25, -0.2) is 0 Å². The molecule has 0 bridgehead atoms. The van der Waals surface area contributed by atoms with Crippen LogP contribution in [0.25, 0.3) is 0 Å². The van der Waals surface area contributed by atoms with Crippen molar-refractivity contribution in [2.75, 3.05) is 0 Å². The van der Waals surface area contributed by atoms with Crippen molar-refractivity contribution >= 4 is 33.4 Å². The minimum absolute atomic E-state index is 0.335. The zero-order valence-electron chi connectivity index (χ0n) is 10.3. The first kappa shape index (κ1) is 14.6. The molecule has 0 aliphatic rings. The van der Waals surface area contributed by atoms with E-state index in [9.17, 15) is 10.1 Å². The number of hydrogen-bond acceptors (Lipinski definition) is 2. The third-order valence-electron chi connectivity index (χ3n) is 2.71. The summed E-state index contributed by atoms with van der Waals surface area (Å²) >= 11 is 9.30. The molecule has 0 heterocycles. The third-order valence-corrected chi connectivity index (χ3v) is 3.52. The number of nitriles is 1. The molecule has 20 heavy (non-hydrogen) atoms. The van der Waals surface area contributed by atoms with E-state index in [0.29, 0.717) is 10.6 Å². The van der Waals surface area contributed by atoms with Crippen LogP contribution in [0, 0.1) is 11.3 Å². The second kappa shape index (κ2) is 6.56. The highest BCUT2D eigenvalue weighted by molar-refractivity contribution is 9.10. The largest absolute Gasteiger partial charge is 0.332 e. The lowest BCUT2D eigenvalue weighted by Crippen LogP contribution is -2.27. The average molecular weight is 350 g/mol. The van der Waals surface area contributed by atoms with Crippen molar-refractivity contribution in [2.45, 2.75) is 6.04 Å². The predicted molar refractivity (Wildman–Crippen MR) is 81.4 cm³/mol. The average Bonchev–Trinajstić information content (AvgIpc) is 2.45. The zero-order valence-corrected chi connectivity index (χ0v) is 12.6. The van der Waals surface area contributed by atoms with E-state index in [4.69, 9.17) is 11.6 Å². The molecule has 0 saturated carbocycles. The summed E-state index contributed by atoms with van der Waals surface area (Å²) < 4.78 is 0.791. The van der Waals surface area contributed by atoms with Crippen LogP contribution in [0.15, 0.2) is 53.0 Å². The molecule has 0 spiro atoms. The molecule has 0 radical (unpaired) electrons. The van der Waals surface area contributed by atoms with Crippen LogP contribution >= 0.6 is 27.5 Å². The summed E-state index contributed by atoms with van der Waals surface area (Å²) in [6, 6.07) is 15.4. The summed E-state index contributed by atoms with van der Waals surface area (Å²) in [7, 11) is 0. The maximum absolute atomic E-state index is 12.2. The zero-order chi connectivity index (χ0) is 14.5. The number of benzene rings is 2. The van der Waals surface area contributed by atoms with Crippen molar-refractivity contribution in [1.82, 2.24) is 5.32 Å². The Morgan fingerprint density at radius 1 is 1.25 bits per heavy atom. The lowest BCUT2D eigenvalue weighted by molar-refractivity contribution is 0.0945. The molecule has 2 rings (SSSR count). The number of rotatable bonds is 3. The van der Waals surface area contributed by atoms with E-state index in [1.165, 1.54) is 0 Å². The molecule has 1 unspecified atom stereocenters. The van der Waals surface area contributed by atoms with Crippen molar-refractivity contribution in [3.05, 3.63) is 69.2 Å². The van der Waals surface area contributed by atoms with E-state index in [2.05, 4.69) is 27.3 Å². The number of nitrogens with one attached hydrogen (secondary N) is 1. The highest BCUT2D eigenvalue weighted by atomic mass is 79.9. The minimum Gasteiger partial charge on any atom is -0.332 e. The van der Waals surface area contributed by atoms with Gasteiger partial charge in [0.25, 0.3) is 5.91 Å². The van der Waals surface area contributed by atoms with Crippen LogP contribution in [0.4, 0.5) is 0 Å². The topological polar surface area (TPSA) is 52.9 Å². The van der Waals surface area contributed by atoms with Gasteiger partial charge < -0.3 is 5.32 Å². The normalized spacial score (nSPS) is 11.4. The Hall–Kier alpha value is -1.83. The second-order valence-corrected chi connectivity index (χ2v) is 5.39. The van der Waals surface area contributed by atoms with E-state index in [1.807, 2.05) is 18.2 Å². The van der Waals surface area contributed by atoms with Crippen molar-refractivity contribution in [2.24, 2.45) is 0 Å². The fraction of sp³-hybridized carbons (Fsp3) is 0.0667. The Bertz CT molecular complexity index is 667. The smallest absolute Gasteiger partial charge is 0.254 e. The summed E-state index contributed by atoms with van der Waals surface area (Å²) in [6.07, 6.45) is 0. The van der Waals surface area contributed by atoms with Gasteiger partial charge in [-0.3, -0.25) is 4.79 Å². The van der Waals surface area contributed by atoms with E-state index in [0.717, 1.165) is 10.0 Å². The number of carbonyl (C=O) groups excluding carboxylic acids is 1. The van der Waals surface area contributed by atoms with E-state index >= 15 is 0 Å². The molecule has 100 valence electrons. The molecule has 3 nitrogen and oxygen atoms in total. The van der Waals surface area contributed by atoms with Gasteiger partial charge in [-0.2, -0.15) is 5.26 Å². The standard InChI is InChI=1S/C15H10BrClN2O/c16-11-6-7-12(13(17)8-11)15(20)19-14(9-18)10-4-2-1-3-5-10/h1-8,14H,(H,19,20). The molecule has 0 fully saturated rings. The molecular weight excluding hydrogens is 340 g/mol. The number of amides is 1. The van der Waals surface area contributed by atoms with Gasteiger partial charge in [0.05, 0.1) is 16.7 Å². The van der Waals surface area contributed by atoms with Gasteiger partial charge in [0.15, 0.2) is 0 Å². The van der Waals surface area contributed by atoms with Gasteiger partial charge in [0, 0.05) is 4.47 Å². The highest BCUT2D eigenvalue weighted by Gasteiger charge is 2.16. The molecule has 5 heteroatoms. The van der Waals surface area contributed by atoms with Gasteiger partial charge in [0.1, 0.15) is 6.04 Å². The maximum Gasteiger partial charge on any atom is 0.254 e. The van der Waals surface area contributed by atoms with Crippen LogP contribution < -0.4 is 5.32 Å². The molecule has 1 amide bonds. The Labute approximate surface area is 130 Å². The summed E-state index contributed by atoms with van der Waals surface area (Å²) in [4.78, 5) is 12.2. The minimum atomic E-state index is -0.705. The molecular formula is C15H10BrClN2O. The summed E-state index contributed by atoms with van der Waals surface area (Å²) in [5, 5.41) is 12.2. The quantitative estimate of drug-likeness (QED) is 0.907. The number of carbonyl (C=O) groups is 1. The van der Waals surface area contributed by atoms with Crippen LogP contribution in [0.1, 0.15) is 22.0 Å². The van der Waals surface area contributed by atoms with Crippen LogP contribution in [0.5, 0.6) is 0 Å². The Morgan fingerprint density at radius 2 is 1.95 bits per heavy atom. The fourth-order valence-corrected chi connectivity index (χ4v) is 2.48. The lowest BCUT2D eigenvalue weighted by Gasteiger charge is -2.12. The maximum atomic E-state index is 12.2. The summed E-state index contributed by atoms with van der Waals surface area (Å²) in [6.45, 7) is 0. The molecule has 1 N–H and O–H groups in total. The first-order chi connectivity index (χ1) is 9.61. The van der Waals surface area contributed by atoms with Crippen LogP contribution in [0.2, 0.25) is 5.02 Å². The SMILES string of the molecule is N#CC(NC(=O)c1ccc(Br)cc1Cl)c1ccccc1. The van der Waals surface area contributed by atoms with E-state index in [-0.39, 0.29) is 5.91 Å². The number of halogens is 2. The van der Waals surface area contributed by atoms with Crippen LogP contribution in [-0.4, -0.2) is 5.91 Å². The molecule has 0 aliphatic heterocycles. The number of hydrogen-bond donors (Lipinski definition) is 1. The molecule has 0 aliphatic carbocycles. The van der Waals surface area contributed by atoms with Crippen molar-refractivity contribution in [3.8, 4) is 6.07 Å². The molecule has 1 atom stereocenters. The third kappa shape index (κ3) is 3.38. The second-order valence-electron chi connectivity index (χ2n) is 4.07. The number of nitrogens with zero attached hydrogens (tertiary/aromatic N) is 1. The van der Waals surface area contributed by atoms with Gasteiger partial charge in [-0.15, -0.1) is 0 Å².